The van der Waals surface area contributed by atoms with Crippen LogP contribution in [0.15, 0.2) is 65.4 Å². The zero-order chi connectivity index (χ0) is 15.9. The average molecular weight is 505 g/mol. The zero-order valence-electron chi connectivity index (χ0n) is 12.9. The molecule has 0 fully saturated rings. The van der Waals surface area contributed by atoms with Crippen LogP contribution in [0.1, 0.15) is 19.4 Å². The number of hydrogen-bond acceptors (Lipinski definition) is 4. The van der Waals surface area contributed by atoms with Gasteiger partial charge in [-0.15, -0.1) is 47.7 Å². The molecule has 5 heteroatoms. The Balaban J connectivity index is 0.000000287. The maximum absolute atomic E-state index is 10.0. The number of nitrogens with zero attached hydrogens (tertiary/aromatic N) is 1. The van der Waals surface area contributed by atoms with E-state index in [1.165, 1.54) is 19.9 Å². The third-order valence-corrected chi connectivity index (χ3v) is 4.18. The van der Waals surface area contributed by atoms with Crippen LogP contribution in [0, 0.1) is 6.07 Å². The van der Waals surface area contributed by atoms with Gasteiger partial charge in [-0.1, -0.05) is 24.3 Å². The molecule has 2 aliphatic rings. The van der Waals surface area contributed by atoms with Gasteiger partial charge in [-0.05, 0) is 13.8 Å². The molecule has 0 saturated carbocycles. The van der Waals surface area contributed by atoms with Crippen LogP contribution < -0.4 is 0 Å². The summed E-state index contributed by atoms with van der Waals surface area (Å²) in [6.07, 6.45) is 9.71. The van der Waals surface area contributed by atoms with E-state index < -0.39 is 0 Å². The molecular formula is C18H18IrNO2S-. The number of aliphatic imine (C=N–C) groups is 1. The van der Waals surface area contributed by atoms with Crippen LogP contribution in [0.25, 0.3) is 0 Å². The number of hydrogen-bond donors (Lipinski definition) is 1. The Morgan fingerprint density at radius 1 is 1.30 bits per heavy atom. The number of thioether (sulfide) groups is 1. The van der Waals surface area contributed by atoms with Crippen molar-refractivity contribution in [3.05, 3.63) is 72.0 Å². The smallest absolute Gasteiger partial charge is 0.155 e. The summed E-state index contributed by atoms with van der Waals surface area (Å²) in [5, 5.41) is 9.96. The average Bonchev–Trinajstić information content (AvgIpc) is 2.91. The first-order valence-corrected chi connectivity index (χ1v) is 7.88. The van der Waals surface area contributed by atoms with Gasteiger partial charge in [0, 0.05) is 36.5 Å². The van der Waals surface area contributed by atoms with Crippen LogP contribution >= 0.6 is 11.8 Å². The van der Waals surface area contributed by atoms with Crippen LogP contribution in [0.4, 0.5) is 0 Å². The van der Waals surface area contributed by atoms with Crippen LogP contribution in [0.3, 0.4) is 0 Å². The number of aliphatic hydroxyl groups is 1. The molecule has 1 radical (unpaired) electrons. The molecule has 0 bridgehead atoms. The molecule has 2 atom stereocenters. The molecule has 0 saturated heterocycles. The van der Waals surface area contributed by atoms with Gasteiger partial charge in [0.25, 0.3) is 0 Å². The fourth-order valence-electron chi connectivity index (χ4n) is 2.05. The quantitative estimate of drug-likeness (QED) is 0.378. The molecule has 3 rings (SSSR count). The van der Waals surface area contributed by atoms with Crippen molar-refractivity contribution >= 4 is 22.6 Å². The second-order valence-corrected chi connectivity index (χ2v) is 6.12. The third-order valence-electron chi connectivity index (χ3n) is 2.92. The van der Waals surface area contributed by atoms with Crippen molar-refractivity contribution in [2.75, 3.05) is 0 Å². The molecule has 3 nitrogen and oxygen atoms in total. The second-order valence-electron chi connectivity index (χ2n) is 4.95. The molecule has 1 aliphatic carbocycles. The number of ketones is 1. The Bertz CT molecular complexity index is 646. The van der Waals surface area contributed by atoms with E-state index in [4.69, 9.17) is 10.1 Å². The molecule has 1 aromatic carbocycles. The number of allylic oxidation sites excluding steroid dienone is 4. The summed E-state index contributed by atoms with van der Waals surface area (Å²) < 4.78 is 0. The summed E-state index contributed by atoms with van der Waals surface area (Å²) in [4.78, 5) is 14.7. The molecule has 1 aromatic rings. The number of rotatable bonds is 2. The molecular weight excluding hydrogens is 486 g/mol. The van der Waals surface area contributed by atoms with Crippen molar-refractivity contribution in [3.63, 3.8) is 0 Å². The monoisotopic (exact) mass is 505 g/mol. The molecule has 1 aliphatic heterocycles. The van der Waals surface area contributed by atoms with Crippen LogP contribution in [0.5, 0.6) is 0 Å². The minimum Gasteiger partial charge on any atom is -0.512 e. The van der Waals surface area contributed by atoms with Gasteiger partial charge < -0.3 is 10.1 Å². The van der Waals surface area contributed by atoms with Crippen molar-refractivity contribution < 1.29 is 30.0 Å². The van der Waals surface area contributed by atoms with Crippen LogP contribution in [0.2, 0.25) is 0 Å². The minimum absolute atomic E-state index is 0. The van der Waals surface area contributed by atoms with Crippen molar-refractivity contribution in [1.82, 2.24) is 0 Å². The number of benzene rings is 1. The van der Waals surface area contributed by atoms with Crippen LogP contribution in [-0.4, -0.2) is 27.2 Å². The van der Waals surface area contributed by atoms with Crippen LogP contribution in [-0.2, 0) is 24.9 Å². The van der Waals surface area contributed by atoms with Gasteiger partial charge in [-0.3, -0.25) is 4.79 Å². The number of fused-ring (bicyclic) bond motifs is 1. The topological polar surface area (TPSA) is 49.7 Å². The maximum atomic E-state index is 10.0. The Morgan fingerprint density at radius 2 is 2.04 bits per heavy atom. The second kappa shape index (κ2) is 9.66. The molecule has 0 amide bonds. The Labute approximate surface area is 154 Å². The van der Waals surface area contributed by atoms with E-state index >= 15 is 0 Å². The summed E-state index contributed by atoms with van der Waals surface area (Å²) in [5.74, 6) is -0.0625. The van der Waals surface area contributed by atoms with Gasteiger partial charge in [0.2, 0.25) is 0 Å². The first kappa shape index (κ1) is 19.6. The number of carbonyl (C=O) groups is 1. The largest absolute Gasteiger partial charge is 0.512 e. The normalized spacial score (nSPS) is 21.5. The van der Waals surface area contributed by atoms with E-state index in [9.17, 15) is 4.79 Å². The van der Waals surface area contributed by atoms with Gasteiger partial charge in [0.05, 0.1) is 11.8 Å². The molecule has 0 spiro atoms. The summed E-state index contributed by atoms with van der Waals surface area (Å²) in [7, 11) is 0. The summed E-state index contributed by atoms with van der Waals surface area (Å²) in [5.41, 5.74) is 1.11. The van der Waals surface area contributed by atoms with E-state index in [0.717, 1.165) is 10.6 Å². The minimum atomic E-state index is -0.125. The standard InChI is InChI=1S/C13H10NS.C5H8O2.Ir/c1-2-6-10(7-3-1)13-14-11-8-4-5-9-12(11)15-13;1-4(6)3-5(2)7;/h1-6,8-9,11-12H;3,6H,1-2H3;/q-1;;/b;4-3-;. The predicted molar refractivity (Wildman–Crippen MR) is 92.3 cm³/mol. The summed E-state index contributed by atoms with van der Waals surface area (Å²) in [6.45, 7) is 2.85. The van der Waals surface area contributed by atoms with E-state index in [2.05, 4.69) is 36.4 Å². The first-order chi connectivity index (χ1) is 10.6. The Kier molecular flexibility index (Phi) is 8.24. The van der Waals surface area contributed by atoms with E-state index in [-0.39, 0.29) is 31.6 Å². The molecule has 2 unspecified atom stereocenters. The van der Waals surface area contributed by atoms with Gasteiger partial charge >= 0.3 is 0 Å². The van der Waals surface area contributed by atoms with Crippen molar-refractivity contribution in [2.45, 2.75) is 25.1 Å². The van der Waals surface area contributed by atoms with Gasteiger partial charge in [-0.25, -0.2) is 0 Å². The van der Waals surface area contributed by atoms with Crippen molar-refractivity contribution in [3.8, 4) is 0 Å². The maximum Gasteiger partial charge on any atom is 0.155 e. The molecule has 123 valence electrons. The third kappa shape index (κ3) is 6.30. The van der Waals surface area contributed by atoms with Gasteiger partial charge in [0.15, 0.2) is 5.78 Å². The molecule has 0 aromatic heterocycles. The number of aliphatic hydroxyl groups excluding tert-OH is 1. The summed E-state index contributed by atoms with van der Waals surface area (Å²) in [6, 6.07) is 11.6. The van der Waals surface area contributed by atoms with Gasteiger partial charge in [-0.2, -0.15) is 0 Å². The van der Waals surface area contributed by atoms with E-state index in [1.54, 1.807) is 0 Å². The fraction of sp³-hybridized carbons (Fsp3) is 0.222. The van der Waals surface area contributed by atoms with Gasteiger partial charge in [0.1, 0.15) is 0 Å². The van der Waals surface area contributed by atoms with Crippen molar-refractivity contribution in [1.29, 1.82) is 0 Å². The Hall–Kier alpha value is -1.42. The van der Waals surface area contributed by atoms with Crippen molar-refractivity contribution in [2.24, 2.45) is 4.99 Å². The molecule has 1 N–H and O–H groups in total. The molecule has 1 heterocycles. The Morgan fingerprint density at radius 3 is 2.57 bits per heavy atom. The molecule has 23 heavy (non-hydrogen) atoms. The summed E-state index contributed by atoms with van der Waals surface area (Å²) >= 11 is 1.83. The predicted octanol–water partition coefficient (Wildman–Crippen LogP) is 3.88. The zero-order valence-corrected chi connectivity index (χ0v) is 16.1. The number of carbonyl (C=O) groups excluding carboxylic acids is 1. The van der Waals surface area contributed by atoms with E-state index in [0.29, 0.717) is 11.3 Å². The van der Waals surface area contributed by atoms with E-state index in [1.807, 2.05) is 30.0 Å². The fourth-order valence-corrected chi connectivity index (χ4v) is 3.20. The SMILES string of the molecule is CC(=O)/C=C(/C)O.[Ir].[c-]1ccccc1C1=NC2C=CC=CC2S1. The first-order valence-electron chi connectivity index (χ1n) is 7.00.